The second-order valence-electron chi connectivity index (χ2n) is 4.19. The van der Waals surface area contributed by atoms with Crippen molar-refractivity contribution in [2.24, 2.45) is 0 Å². The fraction of sp³-hybridized carbons (Fsp3) is 0.231. The lowest BCUT2D eigenvalue weighted by atomic mass is 10.1. The molecule has 7 heteroatoms. The first-order valence-electron chi connectivity index (χ1n) is 6.11. The normalized spacial score (nSPS) is 10.3. The summed E-state index contributed by atoms with van der Waals surface area (Å²) in [6.45, 7) is 4.45. The van der Waals surface area contributed by atoms with Gasteiger partial charge in [0, 0.05) is 12.6 Å². The summed E-state index contributed by atoms with van der Waals surface area (Å²) in [4.78, 5) is 22.5. The predicted molar refractivity (Wildman–Crippen MR) is 73.7 cm³/mol. The maximum atomic E-state index is 12.1. The molecule has 0 radical (unpaired) electrons. The Balaban J connectivity index is 2.29. The zero-order valence-electron chi connectivity index (χ0n) is 11.2. The summed E-state index contributed by atoms with van der Waals surface area (Å²) < 4.78 is 1.73. The zero-order valence-corrected chi connectivity index (χ0v) is 11.2. The lowest BCUT2D eigenvalue weighted by Gasteiger charge is -2.05. The Morgan fingerprint density at radius 3 is 2.75 bits per heavy atom. The Kier molecular flexibility index (Phi) is 3.79. The highest BCUT2D eigenvalue weighted by atomic mass is 16.6. The maximum Gasteiger partial charge on any atom is 0.282 e. The van der Waals surface area contributed by atoms with E-state index < -0.39 is 10.8 Å². The van der Waals surface area contributed by atoms with Crippen LogP contribution in [0.3, 0.4) is 0 Å². The van der Waals surface area contributed by atoms with E-state index in [-0.39, 0.29) is 11.3 Å². The van der Waals surface area contributed by atoms with E-state index in [1.807, 2.05) is 13.8 Å². The molecular weight excluding hydrogens is 260 g/mol. The van der Waals surface area contributed by atoms with Crippen molar-refractivity contribution in [1.82, 2.24) is 9.78 Å². The summed E-state index contributed by atoms with van der Waals surface area (Å²) in [6.07, 6.45) is 1.53. The molecule has 20 heavy (non-hydrogen) atoms. The largest absolute Gasteiger partial charge is 0.319 e. The van der Waals surface area contributed by atoms with Gasteiger partial charge in [0.15, 0.2) is 0 Å². The number of para-hydroxylation sites is 1. The van der Waals surface area contributed by atoms with Gasteiger partial charge < -0.3 is 5.32 Å². The smallest absolute Gasteiger partial charge is 0.282 e. The molecule has 104 valence electrons. The summed E-state index contributed by atoms with van der Waals surface area (Å²) in [5.74, 6) is -0.518. The van der Waals surface area contributed by atoms with Crippen molar-refractivity contribution in [2.75, 3.05) is 5.32 Å². The van der Waals surface area contributed by atoms with Crippen molar-refractivity contribution < 1.29 is 9.72 Å². The molecule has 0 aliphatic rings. The molecule has 1 aromatic carbocycles. The van der Waals surface area contributed by atoms with E-state index in [1.165, 1.54) is 24.4 Å². The van der Waals surface area contributed by atoms with Gasteiger partial charge in [0.05, 0.1) is 22.5 Å². The minimum atomic E-state index is -0.572. The van der Waals surface area contributed by atoms with Gasteiger partial charge in [-0.25, -0.2) is 0 Å². The van der Waals surface area contributed by atoms with Gasteiger partial charge in [-0.05, 0) is 19.9 Å². The predicted octanol–water partition coefficient (Wildman–Crippen LogP) is 2.37. The standard InChI is InChI=1S/C13H14N4O3/c1-3-16-9(2)11(8-14-16)15-13(18)10-6-4-5-7-12(10)17(19)20/h4-8H,3H2,1-2H3,(H,15,18). The van der Waals surface area contributed by atoms with Crippen molar-refractivity contribution in [3.05, 3.63) is 51.8 Å². The van der Waals surface area contributed by atoms with Crippen LogP contribution < -0.4 is 5.32 Å². The van der Waals surface area contributed by atoms with Gasteiger partial charge in [0.2, 0.25) is 0 Å². The second kappa shape index (κ2) is 5.52. The molecule has 1 aromatic heterocycles. The number of nitro groups is 1. The van der Waals surface area contributed by atoms with Crippen molar-refractivity contribution in [1.29, 1.82) is 0 Å². The number of nitrogens with zero attached hydrogens (tertiary/aromatic N) is 3. The van der Waals surface area contributed by atoms with Crippen molar-refractivity contribution in [3.8, 4) is 0 Å². The van der Waals surface area contributed by atoms with E-state index >= 15 is 0 Å². The Morgan fingerprint density at radius 1 is 1.45 bits per heavy atom. The molecule has 0 bridgehead atoms. The molecule has 1 amide bonds. The number of nitro benzene ring substituents is 1. The number of rotatable bonds is 4. The van der Waals surface area contributed by atoms with E-state index in [0.29, 0.717) is 12.2 Å². The van der Waals surface area contributed by atoms with Crippen LogP contribution in [0.2, 0.25) is 0 Å². The summed E-state index contributed by atoms with van der Waals surface area (Å²) in [5.41, 5.74) is 1.17. The van der Waals surface area contributed by atoms with Gasteiger partial charge in [-0.3, -0.25) is 19.6 Å². The van der Waals surface area contributed by atoms with Crippen molar-refractivity contribution in [3.63, 3.8) is 0 Å². The maximum absolute atomic E-state index is 12.1. The first-order valence-corrected chi connectivity index (χ1v) is 6.11. The third-order valence-electron chi connectivity index (χ3n) is 3.00. The second-order valence-corrected chi connectivity index (χ2v) is 4.19. The molecule has 1 N–H and O–H groups in total. The Labute approximate surface area is 115 Å². The summed E-state index contributed by atoms with van der Waals surface area (Å²) >= 11 is 0. The Hall–Kier alpha value is -2.70. The van der Waals surface area contributed by atoms with E-state index in [1.54, 1.807) is 10.7 Å². The molecule has 7 nitrogen and oxygen atoms in total. The van der Waals surface area contributed by atoms with Crippen LogP contribution in [0.1, 0.15) is 23.0 Å². The lowest BCUT2D eigenvalue weighted by molar-refractivity contribution is -0.385. The average Bonchev–Trinajstić information content (AvgIpc) is 2.79. The van der Waals surface area contributed by atoms with E-state index in [2.05, 4.69) is 10.4 Å². The number of amides is 1. The van der Waals surface area contributed by atoms with Crippen LogP contribution in [0.4, 0.5) is 11.4 Å². The van der Waals surface area contributed by atoms with E-state index in [4.69, 9.17) is 0 Å². The molecular formula is C13H14N4O3. The van der Waals surface area contributed by atoms with Crippen molar-refractivity contribution in [2.45, 2.75) is 20.4 Å². The van der Waals surface area contributed by atoms with E-state index in [9.17, 15) is 14.9 Å². The van der Waals surface area contributed by atoms with Gasteiger partial charge in [0.25, 0.3) is 11.6 Å². The molecule has 0 aliphatic carbocycles. The first kappa shape index (κ1) is 13.7. The first-order chi connectivity index (χ1) is 9.54. The van der Waals surface area contributed by atoms with Gasteiger partial charge in [0.1, 0.15) is 5.56 Å². The van der Waals surface area contributed by atoms with Gasteiger partial charge in [-0.1, -0.05) is 12.1 Å². The minimum Gasteiger partial charge on any atom is -0.319 e. The Morgan fingerprint density at radius 2 is 2.15 bits per heavy atom. The quantitative estimate of drug-likeness (QED) is 0.684. The summed E-state index contributed by atoms with van der Waals surface area (Å²) in [6, 6.07) is 5.84. The highest BCUT2D eigenvalue weighted by molar-refractivity contribution is 6.07. The topological polar surface area (TPSA) is 90.1 Å². The third-order valence-corrected chi connectivity index (χ3v) is 3.00. The molecule has 0 spiro atoms. The number of hydrogen-bond donors (Lipinski definition) is 1. The van der Waals surface area contributed by atoms with Gasteiger partial charge in [-0.2, -0.15) is 5.10 Å². The van der Waals surface area contributed by atoms with Gasteiger partial charge >= 0.3 is 0 Å². The highest BCUT2D eigenvalue weighted by Crippen LogP contribution is 2.20. The molecule has 0 aliphatic heterocycles. The van der Waals surface area contributed by atoms with Crippen LogP contribution in [0, 0.1) is 17.0 Å². The van der Waals surface area contributed by atoms with Crippen LogP contribution in [-0.4, -0.2) is 20.6 Å². The van der Waals surface area contributed by atoms with Crippen LogP contribution in [0.5, 0.6) is 0 Å². The minimum absolute atomic E-state index is 0.0288. The van der Waals surface area contributed by atoms with Crippen molar-refractivity contribution >= 4 is 17.3 Å². The average molecular weight is 274 g/mol. The molecule has 2 rings (SSSR count). The Bertz CT molecular complexity index is 663. The van der Waals surface area contributed by atoms with Crippen LogP contribution in [0.15, 0.2) is 30.5 Å². The number of aromatic nitrogens is 2. The third kappa shape index (κ3) is 2.51. The van der Waals surface area contributed by atoms with Crippen LogP contribution in [0.25, 0.3) is 0 Å². The number of anilines is 1. The number of carbonyl (C=O) groups excluding carboxylic acids is 1. The fourth-order valence-corrected chi connectivity index (χ4v) is 1.90. The van der Waals surface area contributed by atoms with Crippen LogP contribution >= 0.6 is 0 Å². The molecule has 0 atom stereocenters. The number of nitrogens with one attached hydrogen (secondary N) is 1. The molecule has 0 saturated carbocycles. The molecule has 1 heterocycles. The number of aryl methyl sites for hydroxylation is 1. The monoisotopic (exact) mass is 274 g/mol. The summed E-state index contributed by atoms with van der Waals surface area (Å²) in [5, 5.41) is 17.7. The van der Waals surface area contributed by atoms with E-state index in [0.717, 1.165) is 5.69 Å². The highest BCUT2D eigenvalue weighted by Gasteiger charge is 2.20. The lowest BCUT2D eigenvalue weighted by Crippen LogP contribution is -2.14. The fourth-order valence-electron chi connectivity index (χ4n) is 1.90. The SMILES string of the molecule is CCn1ncc(NC(=O)c2ccccc2[N+](=O)[O-])c1C. The van der Waals surface area contributed by atoms with Crippen LogP contribution in [-0.2, 0) is 6.54 Å². The number of hydrogen-bond acceptors (Lipinski definition) is 4. The zero-order chi connectivity index (χ0) is 14.7. The number of carbonyl (C=O) groups is 1. The molecule has 0 saturated heterocycles. The van der Waals surface area contributed by atoms with Gasteiger partial charge in [-0.15, -0.1) is 0 Å². The number of benzene rings is 1. The molecule has 0 unspecified atom stereocenters. The molecule has 2 aromatic rings. The summed E-state index contributed by atoms with van der Waals surface area (Å²) in [7, 11) is 0. The molecule has 0 fully saturated rings.